The van der Waals surface area contributed by atoms with Crippen molar-refractivity contribution in [2.75, 3.05) is 0 Å². The number of rotatable bonds is 2. The molecule has 0 amide bonds. The Morgan fingerprint density at radius 3 is 2.45 bits per heavy atom. The van der Waals surface area contributed by atoms with Gasteiger partial charge in [0, 0.05) is 0 Å². The Hall–Kier alpha value is -1.71. The normalized spacial score (nSPS) is 12.8. The van der Waals surface area contributed by atoms with Crippen LogP contribution in [0.25, 0.3) is 9.65 Å². The second-order valence-corrected chi connectivity index (χ2v) is 6.70. The van der Waals surface area contributed by atoms with E-state index in [1.165, 1.54) is 0 Å². The summed E-state index contributed by atoms with van der Waals surface area (Å²) in [5.41, 5.74) is 0.784. The number of benzene rings is 2. The van der Waals surface area contributed by atoms with Gasteiger partial charge in [-0.3, -0.25) is 0 Å². The summed E-state index contributed by atoms with van der Waals surface area (Å²) >= 11 is -0.323. The molecule has 0 aliphatic heterocycles. The van der Waals surface area contributed by atoms with Crippen LogP contribution in [0.2, 0.25) is 0 Å². The van der Waals surface area contributed by atoms with Gasteiger partial charge >= 0.3 is 120 Å². The van der Waals surface area contributed by atoms with Crippen molar-refractivity contribution in [3.8, 4) is 0 Å². The topological polar surface area (TPSA) is 22.0 Å². The zero-order valence-corrected chi connectivity index (χ0v) is 12.4. The van der Waals surface area contributed by atoms with Gasteiger partial charge in [0.25, 0.3) is 0 Å². The van der Waals surface area contributed by atoms with Gasteiger partial charge < -0.3 is 0 Å². The number of nitrogens with zero attached hydrogens (tertiary/aromatic N) is 1. The van der Waals surface area contributed by atoms with E-state index in [4.69, 9.17) is 0 Å². The Bertz CT molecular complexity index is 823. The van der Waals surface area contributed by atoms with Crippen LogP contribution in [0.4, 0.5) is 8.78 Å². The first-order valence-corrected chi connectivity index (χ1v) is 7.75. The number of aromatic nitrogens is 1. The molecule has 5 heteroatoms. The van der Waals surface area contributed by atoms with E-state index in [-0.39, 0.29) is 31.7 Å². The Balaban J connectivity index is 2.18. The first-order chi connectivity index (χ1) is 9.58. The van der Waals surface area contributed by atoms with Crippen LogP contribution in [-0.2, 0) is 0 Å². The summed E-state index contributed by atoms with van der Waals surface area (Å²) in [7, 11) is 0. The van der Waals surface area contributed by atoms with Gasteiger partial charge in [0.15, 0.2) is 0 Å². The van der Waals surface area contributed by atoms with Crippen molar-refractivity contribution >= 4 is 24.4 Å². The predicted molar refractivity (Wildman–Crippen MR) is 75.3 cm³/mol. The third-order valence-corrected chi connectivity index (χ3v) is 5.83. The van der Waals surface area contributed by atoms with Gasteiger partial charge in [-0.05, 0) is 0 Å². The molecule has 1 aromatic heterocycles. The molecule has 0 saturated carbocycles. The van der Waals surface area contributed by atoms with Crippen molar-refractivity contribution in [1.82, 2.24) is 3.56 Å². The molecule has 1 atom stereocenters. The summed E-state index contributed by atoms with van der Waals surface area (Å²) in [6.45, 7) is 1.92. The zero-order valence-electron chi connectivity index (χ0n) is 10.6. The standard InChI is InChI=1S/C15H11F2NOSe/c1-9(10-5-3-2-4-6-10)18-15(19)11-7-12(16)13(17)8-14(11)20-18/h2-9H,1H3/t9-/m1/s1. The van der Waals surface area contributed by atoms with Crippen LogP contribution in [0, 0.1) is 11.6 Å². The molecule has 102 valence electrons. The molecule has 0 aliphatic rings. The SMILES string of the molecule is C[C@H](c1ccccc1)n1[se]c2cc(F)c(F)cc2c1=O. The molecular formula is C15H11F2NOSe. The van der Waals surface area contributed by atoms with E-state index in [2.05, 4.69) is 0 Å². The fourth-order valence-corrected chi connectivity index (χ4v) is 4.41. The quantitative estimate of drug-likeness (QED) is 0.659. The van der Waals surface area contributed by atoms with Gasteiger partial charge in [0.05, 0.1) is 0 Å². The molecule has 0 fully saturated rings. The molecule has 0 saturated heterocycles. The van der Waals surface area contributed by atoms with Crippen LogP contribution < -0.4 is 5.56 Å². The molecule has 0 bridgehead atoms. The van der Waals surface area contributed by atoms with Crippen molar-refractivity contribution in [3.05, 3.63) is 70.0 Å². The average molecular weight is 338 g/mol. The molecule has 0 radical (unpaired) electrons. The molecule has 0 unspecified atom stereocenters. The van der Waals surface area contributed by atoms with Gasteiger partial charge in [-0.1, -0.05) is 0 Å². The maximum atomic E-state index is 13.3. The van der Waals surface area contributed by atoms with Gasteiger partial charge in [-0.15, -0.1) is 0 Å². The van der Waals surface area contributed by atoms with Gasteiger partial charge in [-0.25, -0.2) is 0 Å². The molecule has 2 nitrogen and oxygen atoms in total. The molecule has 20 heavy (non-hydrogen) atoms. The van der Waals surface area contributed by atoms with Crippen molar-refractivity contribution in [2.45, 2.75) is 13.0 Å². The summed E-state index contributed by atoms with van der Waals surface area (Å²) in [5.74, 6) is -1.87. The molecule has 3 aromatic rings. The Labute approximate surface area is 120 Å². The predicted octanol–water partition coefficient (Wildman–Crippen LogP) is 2.95. The van der Waals surface area contributed by atoms with Crippen molar-refractivity contribution in [1.29, 1.82) is 0 Å². The molecule has 1 heterocycles. The third-order valence-electron chi connectivity index (χ3n) is 3.28. The summed E-state index contributed by atoms with van der Waals surface area (Å²) in [6.07, 6.45) is 0. The number of hydrogen-bond donors (Lipinski definition) is 0. The average Bonchev–Trinajstić information content (AvgIpc) is 2.77. The van der Waals surface area contributed by atoms with Crippen LogP contribution in [0.5, 0.6) is 0 Å². The summed E-state index contributed by atoms with van der Waals surface area (Å²) in [6, 6.07) is 11.6. The fourth-order valence-electron chi connectivity index (χ4n) is 2.16. The molecular weight excluding hydrogens is 327 g/mol. The van der Waals surface area contributed by atoms with Gasteiger partial charge in [0.1, 0.15) is 0 Å². The third kappa shape index (κ3) is 2.13. The second kappa shape index (κ2) is 5.00. The van der Waals surface area contributed by atoms with E-state index >= 15 is 0 Å². The van der Waals surface area contributed by atoms with Crippen LogP contribution in [0.3, 0.4) is 0 Å². The van der Waals surface area contributed by atoms with E-state index < -0.39 is 11.6 Å². The van der Waals surface area contributed by atoms with Gasteiger partial charge in [-0.2, -0.15) is 0 Å². The van der Waals surface area contributed by atoms with Crippen LogP contribution in [0.15, 0.2) is 47.3 Å². The Morgan fingerprint density at radius 1 is 1.10 bits per heavy atom. The van der Waals surface area contributed by atoms with Gasteiger partial charge in [0.2, 0.25) is 0 Å². The second-order valence-electron chi connectivity index (χ2n) is 4.57. The number of halogens is 2. The Kier molecular flexibility index (Phi) is 3.32. The molecule has 3 rings (SSSR count). The van der Waals surface area contributed by atoms with Crippen LogP contribution in [-0.4, -0.2) is 18.3 Å². The van der Waals surface area contributed by atoms with E-state index in [1.54, 1.807) is 3.56 Å². The summed E-state index contributed by atoms with van der Waals surface area (Å²) < 4.78 is 28.8. The van der Waals surface area contributed by atoms with Crippen LogP contribution >= 0.6 is 0 Å². The molecule has 0 spiro atoms. The summed E-state index contributed by atoms with van der Waals surface area (Å²) in [4.78, 5) is 12.3. The Morgan fingerprint density at radius 2 is 1.75 bits per heavy atom. The minimum atomic E-state index is -0.970. The molecule has 0 aliphatic carbocycles. The van der Waals surface area contributed by atoms with E-state index in [0.717, 1.165) is 17.7 Å². The monoisotopic (exact) mass is 339 g/mol. The van der Waals surface area contributed by atoms with E-state index in [0.29, 0.717) is 4.26 Å². The maximum absolute atomic E-state index is 13.3. The number of hydrogen-bond acceptors (Lipinski definition) is 1. The minimum absolute atomic E-state index is 0.109. The first kappa shape index (κ1) is 13.3. The zero-order chi connectivity index (χ0) is 14.3. The van der Waals surface area contributed by atoms with Crippen molar-refractivity contribution in [2.24, 2.45) is 0 Å². The van der Waals surface area contributed by atoms with Crippen molar-refractivity contribution < 1.29 is 8.78 Å². The van der Waals surface area contributed by atoms with Crippen molar-refractivity contribution in [3.63, 3.8) is 0 Å². The first-order valence-electron chi connectivity index (χ1n) is 6.13. The van der Waals surface area contributed by atoms with E-state index in [1.807, 2.05) is 37.3 Å². The molecule has 0 N–H and O–H groups in total. The van der Waals surface area contributed by atoms with Crippen LogP contribution in [0.1, 0.15) is 18.5 Å². The summed E-state index contributed by atoms with van der Waals surface area (Å²) in [5, 5.41) is 0.284. The number of fused-ring (bicyclic) bond motifs is 1. The fraction of sp³-hybridized carbons (Fsp3) is 0.133. The van der Waals surface area contributed by atoms with E-state index in [9.17, 15) is 13.6 Å². The molecule has 2 aromatic carbocycles.